The minimum atomic E-state index is 1.16. The first-order chi connectivity index (χ1) is 5.76. The van der Waals surface area contributed by atoms with Crippen molar-refractivity contribution >= 4 is 0 Å². The molecule has 0 N–H and O–H groups in total. The third-order valence-electron chi connectivity index (χ3n) is 1.97. The summed E-state index contributed by atoms with van der Waals surface area (Å²) in [7, 11) is 0. The highest BCUT2D eigenvalue weighted by Crippen LogP contribution is 2.14. The molecule has 0 radical (unpaired) electrons. The van der Waals surface area contributed by atoms with E-state index in [1.54, 1.807) is 0 Å². The van der Waals surface area contributed by atoms with Gasteiger partial charge in [-0.3, -0.25) is 0 Å². The van der Waals surface area contributed by atoms with Crippen molar-refractivity contribution in [2.75, 3.05) is 0 Å². The first-order valence-corrected chi connectivity index (χ1v) is 4.71. The van der Waals surface area contributed by atoms with Gasteiger partial charge in [0, 0.05) is 0 Å². The van der Waals surface area contributed by atoms with Gasteiger partial charge in [0.15, 0.2) is 0 Å². The van der Waals surface area contributed by atoms with Gasteiger partial charge >= 0.3 is 0 Å². The predicted molar refractivity (Wildman–Crippen MR) is 57.2 cm³/mol. The number of unbranched alkanes of at least 4 members (excludes halogenated alkanes) is 1. The van der Waals surface area contributed by atoms with Crippen LogP contribution in [0.2, 0.25) is 0 Å². The lowest BCUT2D eigenvalue weighted by Gasteiger charge is -2.03. The van der Waals surface area contributed by atoms with E-state index in [1.165, 1.54) is 24.0 Å². The SMILES string of the molecule is C=C/C(CCCC)=C(C)\C=C/C. The summed E-state index contributed by atoms with van der Waals surface area (Å²) in [6, 6.07) is 0. The molecule has 0 aromatic rings. The van der Waals surface area contributed by atoms with Crippen LogP contribution in [0.1, 0.15) is 40.0 Å². The fourth-order valence-electron chi connectivity index (χ4n) is 1.18. The molecule has 0 heteroatoms. The molecule has 0 aliphatic carbocycles. The standard InChI is InChI=1S/C12H20/c1-5-8-10-12(7-3)11(4)9-6-2/h6-7,9H,3,5,8,10H2,1-2,4H3/b9-6-,12-11+. The van der Waals surface area contributed by atoms with Crippen LogP contribution in [-0.4, -0.2) is 0 Å². The number of allylic oxidation sites excluding steroid dienone is 5. The van der Waals surface area contributed by atoms with Gasteiger partial charge in [0.05, 0.1) is 0 Å². The number of hydrogen-bond donors (Lipinski definition) is 0. The van der Waals surface area contributed by atoms with Crippen LogP contribution in [0, 0.1) is 0 Å². The van der Waals surface area contributed by atoms with Crippen LogP contribution >= 0.6 is 0 Å². The van der Waals surface area contributed by atoms with Crippen molar-refractivity contribution in [2.45, 2.75) is 40.0 Å². The van der Waals surface area contributed by atoms with E-state index < -0.39 is 0 Å². The summed E-state index contributed by atoms with van der Waals surface area (Å²) in [5, 5.41) is 0. The van der Waals surface area contributed by atoms with Gasteiger partial charge in [0.1, 0.15) is 0 Å². The lowest BCUT2D eigenvalue weighted by atomic mass is 10.0. The largest absolute Gasteiger partial charge is 0.0988 e. The Morgan fingerprint density at radius 1 is 1.42 bits per heavy atom. The van der Waals surface area contributed by atoms with Crippen LogP contribution < -0.4 is 0 Å². The molecular weight excluding hydrogens is 144 g/mol. The van der Waals surface area contributed by atoms with E-state index in [1.807, 2.05) is 13.0 Å². The molecular formula is C12H20. The van der Waals surface area contributed by atoms with Crippen LogP contribution in [0.3, 0.4) is 0 Å². The maximum Gasteiger partial charge on any atom is -0.0277 e. The summed E-state index contributed by atoms with van der Waals surface area (Å²) < 4.78 is 0. The zero-order chi connectivity index (χ0) is 9.40. The van der Waals surface area contributed by atoms with Gasteiger partial charge in [-0.05, 0) is 37.8 Å². The summed E-state index contributed by atoms with van der Waals surface area (Å²) in [5.41, 5.74) is 2.73. The van der Waals surface area contributed by atoms with Crippen LogP contribution in [0.5, 0.6) is 0 Å². The van der Waals surface area contributed by atoms with Gasteiger partial charge < -0.3 is 0 Å². The topological polar surface area (TPSA) is 0 Å². The third-order valence-corrected chi connectivity index (χ3v) is 1.97. The van der Waals surface area contributed by atoms with Crippen molar-refractivity contribution < 1.29 is 0 Å². The third kappa shape index (κ3) is 4.17. The Balaban J connectivity index is 4.28. The molecule has 0 nitrogen and oxygen atoms in total. The number of rotatable bonds is 5. The van der Waals surface area contributed by atoms with Crippen molar-refractivity contribution in [1.82, 2.24) is 0 Å². The minimum absolute atomic E-state index is 1.16. The lowest BCUT2D eigenvalue weighted by Crippen LogP contribution is -1.83. The Kier molecular flexibility index (Phi) is 6.45. The van der Waals surface area contributed by atoms with Crippen LogP contribution in [-0.2, 0) is 0 Å². The Morgan fingerprint density at radius 2 is 2.08 bits per heavy atom. The summed E-state index contributed by atoms with van der Waals surface area (Å²) in [5.74, 6) is 0. The molecule has 0 spiro atoms. The van der Waals surface area contributed by atoms with Gasteiger partial charge in [-0.25, -0.2) is 0 Å². The second-order valence-corrected chi connectivity index (χ2v) is 3.02. The first-order valence-electron chi connectivity index (χ1n) is 4.71. The summed E-state index contributed by atoms with van der Waals surface area (Å²) >= 11 is 0. The molecule has 0 amide bonds. The second kappa shape index (κ2) is 6.90. The van der Waals surface area contributed by atoms with Crippen LogP contribution in [0.15, 0.2) is 36.0 Å². The molecule has 0 saturated heterocycles. The minimum Gasteiger partial charge on any atom is -0.0988 e. The van der Waals surface area contributed by atoms with Gasteiger partial charge in [0.25, 0.3) is 0 Å². The molecule has 0 bridgehead atoms. The molecule has 0 fully saturated rings. The van der Waals surface area contributed by atoms with Crippen LogP contribution in [0.4, 0.5) is 0 Å². The number of hydrogen-bond acceptors (Lipinski definition) is 0. The fraction of sp³-hybridized carbons (Fsp3) is 0.500. The molecule has 68 valence electrons. The van der Waals surface area contributed by atoms with Crippen molar-refractivity contribution in [2.24, 2.45) is 0 Å². The Labute approximate surface area is 76.7 Å². The van der Waals surface area contributed by atoms with Crippen molar-refractivity contribution in [3.63, 3.8) is 0 Å². The highest BCUT2D eigenvalue weighted by atomic mass is 14.0. The predicted octanol–water partition coefficient (Wildman–Crippen LogP) is 4.26. The molecule has 0 rings (SSSR count). The highest BCUT2D eigenvalue weighted by molar-refractivity contribution is 5.30. The monoisotopic (exact) mass is 164 g/mol. The van der Waals surface area contributed by atoms with Crippen molar-refractivity contribution in [3.8, 4) is 0 Å². The van der Waals surface area contributed by atoms with Gasteiger partial charge in [-0.1, -0.05) is 38.2 Å². The maximum atomic E-state index is 3.83. The van der Waals surface area contributed by atoms with E-state index >= 15 is 0 Å². The quantitative estimate of drug-likeness (QED) is 0.533. The molecule has 0 aromatic heterocycles. The van der Waals surface area contributed by atoms with E-state index in [0.29, 0.717) is 0 Å². The Morgan fingerprint density at radius 3 is 2.50 bits per heavy atom. The smallest absolute Gasteiger partial charge is 0.0277 e. The molecule has 0 heterocycles. The van der Waals surface area contributed by atoms with Crippen molar-refractivity contribution in [3.05, 3.63) is 36.0 Å². The van der Waals surface area contributed by atoms with Crippen LogP contribution in [0.25, 0.3) is 0 Å². The van der Waals surface area contributed by atoms with E-state index in [2.05, 4.69) is 32.6 Å². The zero-order valence-electron chi connectivity index (χ0n) is 8.56. The molecule has 12 heavy (non-hydrogen) atoms. The first kappa shape index (κ1) is 11.2. The summed E-state index contributed by atoms with van der Waals surface area (Å²) in [6.07, 6.45) is 9.87. The van der Waals surface area contributed by atoms with E-state index in [4.69, 9.17) is 0 Å². The highest BCUT2D eigenvalue weighted by Gasteiger charge is 1.94. The van der Waals surface area contributed by atoms with E-state index in [-0.39, 0.29) is 0 Å². The van der Waals surface area contributed by atoms with E-state index in [9.17, 15) is 0 Å². The van der Waals surface area contributed by atoms with Crippen molar-refractivity contribution in [1.29, 1.82) is 0 Å². The second-order valence-electron chi connectivity index (χ2n) is 3.02. The molecule has 0 atom stereocenters. The molecule has 0 unspecified atom stereocenters. The Hall–Kier alpha value is -0.780. The van der Waals surface area contributed by atoms with E-state index in [0.717, 1.165) is 6.42 Å². The van der Waals surface area contributed by atoms with Gasteiger partial charge in [-0.2, -0.15) is 0 Å². The summed E-state index contributed by atoms with van der Waals surface area (Å²) in [6.45, 7) is 10.2. The molecule has 0 saturated carbocycles. The average molecular weight is 164 g/mol. The molecule has 0 aliphatic rings. The zero-order valence-corrected chi connectivity index (χ0v) is 8.56. The fourth-order valence-corrected chi connectivity index (χ4v) is 1.18. The van der Waals surface area contributed by atoms with Gasteiger partial charge in [0.2, 0.25) is 0 Å². The lowest BCUT2D eigenvalue weighted by molar-refractivity contribution is 0.794. The normalized spacial score (nSPS) is 13.2. The summed E-state index contributed by atoms with van der Waals surface area (Å²) in [4.78, 5) is 0. The maximum absolute atomic E-state index is 3.83. The average Bonchev–Trinajstić information content (AvgIpc) is 2.06. The molecule has 0 aromatic carbocycles. The molecule has 0 aliphatic heterocycles. The Bertz CT molecular complexity index is 182. The van der Waals surface area contributed by atoms with Gasteiger partial charge in [-0.15, -0.1) is 0 Å².